The third-order valence-electron chi connectivity index (χ3n) is 5.19. The van der Waals surface area contributed by atoms with Crippen LogP contribution in [0.2, 0.25) is 0 Å². The van der Waals surface area contributed by atoms with Crippen LogP contribution in [0.25, 0.3) is 0 Å². The highest BCUT2D eigenvalue weighted by Crippen LogP contribution is 2.36. The first-order valence-corrected chi connectivity index (χ1v) is 10.4. The zero-order valence-corrected chi connectivity index (χ0v) is 19.5. The van der Waals surface area contributed by atoms with E-state index >= 15 is 0 Å². The fourth-order valence-electron chi connectivity index (χ4n) is 3.43. The summed E-state index contributed by atoms with van der Waals surface area (Å²) in [5.41, 5.74) is 0.930. The van der Waals surface area contributed by atoms with E-state index in [9.17, 15) is 9.59 Å². The highest BCUT2D eigenvalue weighted by molar-refractivity contribution is 9.10. The minimum Gasteiger partial charge on any atom is -0.497 e. The molecule has 8 nitrogen and oxygen atoms in total. The predicted octanol–water partition coefficient (Wildman–Crippen LogP) is 3.08. The van der Waals surface area contributed by atoms with E-state index in [1.807, 2.05) is 0 Å². The molecule has 0 unspecified atom stereocenters. The Morgan fingerprint density at radius 1 is 0.742 bits per heavy atom. The van der Waals surface area contributed by atoms with Gasteiger partial charge in [0, 0.05) is 37.8 Å². The van der Waals surface area contributed by atoms with Crippen molar-refractivity contribution in [2.45, 2.75) is 0 Å². The summed E-state index contributed by atoms with van der Waals surface area (Å²) in [5.74, 6) is 1.82. The van der Waals surface area contributed by atoms with E-state index in [2.05, 4.69) is 15.9 Å². The standard InChI is InChI=1S/C22H25BrN2O6/c1-28-15-5-6-16(17(13-15)29-2)22(27)25-9-7-24(8-10-25)21(26)14-11-18(30-3)20(23)19(12-14)31-4/h5-6,11-13H,7-10H2,1-4H3. The molecule has 0 spiro atoms. The molecule has 1 aliphatic heterocycles. The summed E-state index contributed by atoms with van der Waals surface area (Å²) >= 11 is 3.41. The smallest absolute Gasteiger partial charge is 0.257 e. The van der Waals surface area contributed by atoms with Gasteiger partial charge in [0.1, 0.15) is 27.5 Å². The number of benzene rings is 2. The SMILES string of the molecule is COc1ccc(C(=O)N2CCN(C(=O)c3cc(OC)c(Br)c(OC)c3)CC2)c(OC)c1. The number of nitrogens with zero attached hydrogens (tertiary/aromatic N) is 2. The van der Waals surface area contributed by atoms with Gasteiger partial charge in [-0.1, -0.05) is 0 Å². The fourth-order valence-corrected chi connectivity index (χ4v) is 3.99. The van der Waals surface area contributed by atoms with Gasteiger partial charge in [0.25, 0.3) is 11.8 Å². The first-order valence-electron chi connectivity index (χ1n) is 9.65. The molecular formula is C22H25BrN2O6. The quantitative estimate of drug-likeness (QED) is 0.616. The molecule has 0 aliphatic carbocycles. The number of hydrogen-bond acceptors (Lipinski definition) is 6. The molecule has 0 atom stereocenters. The molecule has 1 heterocycles. The number of amides is 2. The predicted molar refractivity (Wildman–Crippen MR) is 119 cm³/mol. The molecule has 3 rings (SSSR count). The molecule has 31 heavy (non-hydrogen) atoms. The van der Waals surface area contributed by atoms with Gasteiger partial charge in [0.2, 0.25) is 0 Å². The summed E-state index contributed by atoms with van der Waals surface area (Å²) < 4.78 is 21.9. The number of carbonyl (C=O) groups excluding carboxylic acids is 2. The molecule has 0 saturated carbocycles. The van der Waals surface area contributed by atoms with Gasteiger partial charge in [0.15, 0.2) is 0 Å². The van der Waals surface area contributed by atoms with Crippen LogP contribution in [-0.4, -0.2) is 76.2 Å². The van der Waals surface area contributed by atoms with Crippen LogP contribution in [0.5, 0.6) is 23.0 Å². The second kappa shape index (κ2) is 9.91. The van der Waals surface area contributed by atoms with Gasteiger partial charge in [-0.15, -0.1) is 0 Å². The first-order chi connectivity index (χ1) is 14.9. The lowest BCUT2D eigenvalue weighted by atomic mass is 10.1. The summed E-state index contributed by atoms with van der Waals surface area (Å²) in [6, 6.07) is 8.45. The van der Waals surface area contributed by atoms with Gasteiger partial charge < -0.3 is 28.7 Å². The van der Waals surface area contributed by atoms with Gasteiger partial charge in [-0.3, -0.25) is 9.59 Å². The Bertz CT molecular complexity index is 947. The van der Waals surface area contributed by atoms with Gasteiger partial charge >= 0.3 is 0 Å². The number of carbonyl (C=O) groups is 2. The fraction of sp³-hybridized carbons (Fsp3) is 0.364. The van der Waals surface area contributed by atoms with Crippen molar-refractivity contribution in [3.63, 3.8) is 0 Å². The lowest BCUT2D eigenvalue weighted by molar-refractivity contribution is 0.0533. The molecule has 166 valence electrons. The second-order valence-electron chi connectivity index (χ2n) is 6.85. The summed E-state index contributed by atoms with van der Waals surface area (Å²) in [7, 11) is 6.14. The van der Waals surface area contributed by atoms with Crippen molar-refractivity contribution in [3.05, 3.63) is 45.9 Å². The summed E-state index contributed by atoms with van der Waals surface area (Å²) in [5, 5.41) is 0. The van der Waals surface area contributed by atoms with E-state index in [1.165, 1.54) is 21.3 Å². The minimum absolute atomic E-state index is 0.140. The van der Waals surface area contributed by atoms with Gasteiger partial charge in [-0.25, -0.2) is 0 Å². The van der Waals surface area contributed by atoms with E-state index in [0.29, 0.717) is 64.8 Å². The van der Waals surface area contributed by atoms with Crippen molar-refractivity contribution in [3.8, 4) is 23.0 Å². The van der Waals surface area contributed by atoms with E-state index in [4.69, 9.17) is 18.9 Å². The van der Waals surface area contributed by atoms with E-state index in [1.54, 1.807) is 47.2 Å². The number of rotatable bonds is 6. The van der Waals surface area contributed by atoms with Crippen molar-refractivity contribution in [2.75, 3.05) is 54.6 Å². The van der Waals surface area contributed by atoms with Gasteiger partial charge in [-0.2, -0.15) is 0 Å². The zero-order valence-electron chi connectivity index (χ0n) is 17.9. The van der Waals surface area contributed by atoms with Gasteiger partial charge in [0.05, 0.1) is 34.0 Å². The number of methoxy groups -OCH3 is 4. The average Bonchev–Trinajstić information content (AvgIpc) is 2.82. The maximum Gasteiger partial charge on any atom is 0.257 e. The third-order valence-corrected chi connectivity index (χ3v) is 5.97. The van der Waals surface area contributed by atoms with Crippen LogP contribution in [0.4, 0.5) is 0 Å². The maximum atomic E-state index is 13.0. The van der Waals surface area contributed by atoms with Crippen molar-refractivity contribution in [1.29, 1.82) is 0 Å². The second-order valence-corrected chi connectivity index (χ2v) is 7.64. The van der Waals surface area contributed by atoms with Crippen molar-refractivity contribution in [2.24, 2.45) is 0 Å². The topological polar surface area (TPSA) is 77.5 Å². The van der Waals surface area contributed by atoms with Crippen LogP contribution in [-0.2, 0) is 0 Å². The number of hydrogen-bond donors (Lipinski definition) is 0. The van der Waals surface area contributed by atoms with Crippen molar-refractivity contribution >= 4 is 27.7 Å². The lowest BCUT2D eigenvalue weighted by Gasteiger charge is -2.35. The van der Waals surface area contributed by atoms with E-state index < -0.39 is 0 Å². The number of halogens is 1. The Kier molecular flexibility index (Phi) is 7.27. The number of ether oxygens (including phenoxy) is 4. The van der Waals surface area contributed by atoms with Crippen LogP contribution >= 0.6 is 15.9 Å². The third kappa shape index (κ3) is 4.71. The molecule has 1 aliphatic rings. The lowest BCUT2D eigenvalue weighted by Crippen LogP contribution is -2.50. The van der Waals surface area contributed by atoms with Crippen molar-refractivity contribution in [1.82, 2.24) is 9.80 Å². The minimum atomic E-state index is -0.141. The average molecular weight is 493 g/mol. The van der Waals surface area contributed by atoms with Crippen LogP contribution in [0.3, 0.4) is 0 Å². The summed E-state index contributed by atoms with van der Waals surface area (Å²) in [6.45, 7) is 1.68. The van der Waals surface area contributed by atoms with E-state index in [0.717, 1.165) is 0 Å². The van der Waals surface area contributed by atoms with Crippen LogP contribution in [0.15, 0.2) is 34.8 Å². The molecule has 9 heteroatoms. The molecule has 2 aromatic rings. The Hall–Kier alpha value is -2.94. The van der Waals surface area contributed by atoms with Crippen LogP contribution in [0, 0.1) is 0 Å². The highest BCUT2D eigenvalue weighted by Gasteiger charge is 2.28. The highest BCUT2D eigenvalue weighted by atomic mass is 79.9. The van der Waals surface area contributed by atoms with Crippen LogP contribution in [0.1, 0.15) is 20.7 Å². The molecule has 2 aromatic carbocycles. The summed E-state index contributed by atoms with van der Waals surface area (Å²) in [4.78, 5) is 29.5. The van der Waals surface area contributed by atoms with Crippen LogP contribution < -0.4 is 18.9 Å². The monoisotopic (exact) mass is 492 g/mol. The first kappa shape index (κ1) is 22.7. The normalized spacial score (nSPS) is 13.6. The molecule has 2 amide bonds. The van der Waals surface area contributed by atoms with Crippen molar-refractivity contribution < 1.29 is 28.5 Å². The molecule has 1 saturated heterocycles. The largest absolute Gasteiger partial charge is 0.497 e. The number of piperazine rings is 1. The molecule has 0 radical (unpaired) electrons. The van der Waals surface area contributed by atoms with Gasteiger partial charge in [-0.05, 0) is 40.2 Å². The molecule has 0 aromatic heterocycles. The Morgan fingerprint density at radius 2 is 1.26 bits per heavy atom. The molecule has 0 N–H and O–H groups in total. The van der Waals surface area contributed by atoms with E-state index in [-0.39, 0.29) is 11.8 Å². The Balaban J connectivity index is 1.71. The Labute approximate surface area is 189 Å². The molecular weight excluding hydrogens is 468 g/mol. The summed E-state index contributed by atoms with van der Waals surface area (Å²) in [6.07, 6.45) is 0. The Morgan fingerprint density at radius 3 is 1.74 bits per heavy atom. The zero-order chi connectivity index (χ0) is 22.5. The molecule has 0 bridgehead atoms. The molecule has 1 fully saturated rings. The maximum absolute atomic E-state index is 13.0.